The number of hydrogen-bond donors (Lipinski definition) is 0. The van der Waals surface area contributed by atoms with Crippen LogP contribution >= 0.6 is 11.6 Å². The Hall–Kier alpha value is -1.09. The lowest BCUT2D eigenvalue weighted by molar-refractivity contribution is -0.128. The second-order valence-electron chi connectivity index (χ2n) is 3.63. The lowest BCUT2D eigenvalue weighted by Crippen LogP contribution is -2.24. The monoisotopic (exact) mass is 227 g/mol. The van der Waals surface area contributed by atoms with E-state index in [1.165, 1.54) is 6.07 Å². The number of benzene rings is 1. The summed E-state index contributed by atoms with van der Waals surface area (Å²) in [7, 11) is 0. The van der Waals surface area contributed by atoms with Crippen LogP contribution in [-0.4, -0.2) is 17.4 Å². The standard InChI is InChI=1S/C11H11ClFNO/c12-9-4-1-3-8(11(9)13)7-14-6-2-5-10(14)15/h1,3-4H,2,5-7H2. The number of carbonyl (C=O) groups is 1. The van der Waals surface area contributed by atoms with Crippen molar-refractivity contribution in [2.75, 3.05) is 6.54 Å². The van der Waals surface area contributed by atoms with E-state index in [9.17, 15) is 9.18 Å². The van der Waals surface area contributed by atoms with Crippen LogP contribution in [0.15, 0.2) is 18.2 Å². The Kier molecular flexibility index (Phi) is 2.91. The largest absolute Gasteiger partial charge is 0.338 e. The minimum atomic E-state index is -0.418. The second-order valence-corrected chi connectivity index (χ2v) is 4.04. The van der Waals surface area contributed by atoms with Crippen LogP contribution in [0.4, 0.5) is 4.39 Å². The Bertz CT molecular complexity index is 394. The molecule has 0 radical (unpaired) electrons. The fourth-order valence-corrected chi connectivity index (χ4v) is 1.94. The van der Waals surface area contributed by atoms with Gasteiger partial charge in [-0.15, -0.1) is 0 Å². The van der Waals surface area contributed by atoms with Crippen LogP contribution in [0.5, 0.6) is 0 Å². The molecule has 0 atom stereocenters. The molecule has 1 aromatic carbocycles. The van der Waals surface area contributed by atoms with Gasteiger partial charge in [0.2, 0.25) is 5.91 Å². The smallest absolute Gasteiger partial charge is 0.222 e. The Balaban J connectivity index is 2.17. The van der Waals surface area contributed by atoms with Crippen LogP contribution in [0.2, 0.25) is 5.02 Å². The van der Waals surface area contributed by atoms with Crippen LogP contribution in [0, 0.1) is 5.82 Å². The third kappa shape index (κ3) is 2.12. The first-order valence-electron chi connectivity index (χ1n) is 4.89. The van der Waals surface area contributed by atoms with E-state index in [0.717, 1.165) is 6.42 Å². The molecule has 4 heteroatoms. The van der Waals surface area contributed by atoms with Gasteiger partial charge in [0.1, 0.15) is 5.82 Å². The highest BCUT2D eigenvalue weighted by atomic mass is 35.5. The summed E-state index contributed by atoms with van der Waals surface area (Å²) in [6.45, 7) is 1.04. The van der Waals surface area contributed by atoms with E-state index < -0.39 is 5.82 Å². The van der Waals surface area contributed by atoms with Crippen LogP contribution in [0.25, 0.3) is 0 Å². The zero-order valence-corrected chi connectivity index (χ0v) is 8.93. The van der Waals surface area contributed by atoms with Gasteiger partial charge in [-0.1, -0.05) is 23.7 Å². The van der Waals surface area contributed by atoms with Gasteiger partial charge in [-0.25, -0.2) is 4.39 Å². The third-order valence-electron chi connectivity index (χ3n) is 2.56. The van der Waals surface area contributed by atoms with E-state index in [-0.39, 0.29) is 10.9 Å². The van der Waals surface area contributed by atoms with Gasteiger partial charge in [-0.3, -0.25) is 4.79 Å². The summed E-state index contributed by atoms with van der Waals surface area (Å²) >= 11 is 5.66. The molecule has 1 aliphatic heterocycles. The molecule has 1 aromatic rings. The van der Waals surface area contributed by atoms with Gasteiger partial charge in [-0.2, -0.15) is 0 Å². The zero-order chi connectivity index (χ0) is 10.8. The van der Waals surface area contributed by atoms with Crippen molar-refractivity contribution in [1.29, 1.82) is 0 Å². The highest BCUT2D eigenvalue weighted by Gasteiger charge is 2.21. The molecule has 0 N–H and O–H groups in total. The highest BCUT2D eigenvalue weighted by molar-refractivity contribution is 6.30. The second kappa shape index (κ2) is 4.19. The van der Waals surface area contributed by atoms with Crippen LogP contribution in [0.3, 0.4) is 0 Å². The molecule has 0 aromatic heterocycles. The molecule has 0 spiro atoms. The fraction of sp³-hybridized carbons (Fsp3) is 0.364. The van der Waals surface area contributed by atoms with E-state index in [1.807, 2.05) is 0 Å². The summed E-state index contributed by atoms with van der Waals surface area (Å²) in [6.07, 6.45) is 1.43. The summed E-state index contributed by atoms with van der Waals surface area (Å²) in [4.78, 5) is 13.0. The average molecular weight is 228 g/mol. The molecule has 1 saturated heterocycles. The molecular formula is C11H11ClFNO. The third-order valence-corrected chi connectivity index (χ3v) is 2.86. The van der Waals surface area contributed by atoms with Gasteiger partial charge in [0, 0.05) is 25.1 Å². The Morgan fingerprint density at radius 1 is 1.47 bits per heavy atom. The molecule has 0 unspecified atom stereocenters. The van der Waals surface area contributed by atoms with E-state index >= 15 is 0 Å². The number of carbonyl (C=O) groups excluding carboxylic acids is 1. The fourth-order valence-electron chi connectivity index (χ4n) is 1.75. The number of likely N-dealkylation sites (tertiary alicyclic amines) is 1. The summed E-state index contributed by atoms with van der Waals surface area (Å²) in [5.41, 5.74) is 0.484. The topological polar surface area (TPSA) is 20.3 Å². The van der Waals surface area contributed by atoms with Gasteiger partial charge in [0.15, 0.2) is 0 Å². The first-order chi connectivity index (χ1) is 7.18. The van der Waals surface area contributed by atoms with Crippen molar-refractivity contribution in [3.05, 3.63) is 34.6 Å². The van der Waals surface area contributed by atoms with Gasteiger partial charge >= 0.3 is 0 Å². The molecular weight excluding hydrogens is 217 g/mol. The Morgan fingerprint density at radius 3 is 2.93 bits per heavy atom. The van der Waals surface area contributed by atoms with Gasteiger partial charge in [-0.05, 0) is 12.5 Å². The first kappa shape index (κ1) is 10.4. The predicted molar refractivity (Wildman–Crippen MR) is 56.1 cm³/mol. The van der Waals surface area contributed by atoms with E-state index in [0.29, 0.717) is 25.1 Å². The molecule has 80 valence electrons. The summed E-state index contributed by atoms with van der Waals surface area (Å²) in [6, 6.07) is 4.86. The van der Waals surface area contributed by atoms with Crippen molar-refractivity contribution in [2.45, 2.75) is 19.4 Å². The van der Waals surface area contributed by atoms with Crippen LogP contribution in [0.1, 0.15) is 18.4 Å². The predicted octanol–water partition coefficient (Wildman–Crippen LogP) is 2.60. The average Bonchev–Trinajstić information content (AvgIpc) is 2.60. The summed E-state index contributed by atoms with van der Waals surface area (Å²) in [5, 5.41) is 0.110. The Morgan fingerprint density at radius 2 is 2.27 bits per heavy atom. The minimum absolute atomic E-state index is 0.0920. The van der Waals surface area contributed by atoms with Crippen molar-refractivity contribution in [3.63, 3.8) is 0 Å². The van der Waals surface area contributed by atoms with Gasteiger partial charge < -0.3 is 4.90 Å². The maximum atomic E-state index is 13.5. The summed E-state index contributed by atoms with van der Waals surface area (Å²) in [5.74, 6) is -0.326. The van der Waals surface area contributed by atoms with Crippen molar-refractivity contribution < 1.29 is 9.18 Å². The molecule has 1 heterocycles. The maximum Gasteiger partial charge on any atom is 0.222 e. The number of halogens is 2. The quantitative estimate of drug-likeness (QED) is 0.761. The maximum absolute atomic E-state index is 13.5. The number of hydrogen-bond acceptors (Lipinski definition) is 1. The van der Waals surface area contributed by atoms with Crippen LogP contribution < -0.4 is 0 Å². The lowest BCUT2D eigenvalue weighted by atomic mass is 10.2. The zero-order valence-electron chi connectivity index (χ0n) is 8.17. The molecule has 1 aliphatic rings. The molecule has 2 rings (SSSR count). The van der Waals surface area contributed by atoms with Gasteiger partial charge in [0.25, 0.3) is 0 Å². The summed E-state index contributed by atoms with van der Waals surface area (Å²) < 4.78 is 13.5. The molecule has 15 heavy (non-hydrogen) atoms. The first-order valence-corrected chi connectivity index (χ1v) is 5.27. The Labute approximate surface area is 92.6 Å². The molecule has 1 fully saturated rings. The number of rotatable bonds is 2. The molecule has 0 aliphatic carbocycles. The van der Waals surface area contributed by atoms with Crippen molar-refractivity contribution in [2.24, 2.45) is 0 Å². The SMILES string of the molecule is O=C1CCCN1Cc1cccc(Cl)c1F. The highest BCUT2D eigenvalue weighted by Crippen LogP contribution is 2.21. The number of amides is 1. The van der Waals surface area contributed by atoms with E-state index in [2.05, 4.69) is 0 Å². The number of nitrogens with zero attached hydrogens (tertiary/aromatic N) is 1. The van der Waals surface area contributed by atoms with Crippen molar-refractivity contribution >= 4 is 17.5 Å². The molecule has 2 nitrogen and oxygen atoms in total. The minimum Gasteiger partial charge on any atom is -0.338 e. The molecule has 0 saturated carbocycles. The van der Waals surface area contributed by atoms with Gasteiger partial charge in [0.05, 0.1) is 5.02 Å². The van der Waals surface area contributed by atoms with E-state index in [4.69, 9.17) is 11.6 Å². The van der Waals surface area contributed by atoms with Crippen LogP contribution in [-0.2, 0) is 11.3 Å². The van der Waals surface area contributed by atoms with Crippen molar-refractivity contribution in [3.8, 4) is 0 Å². The normalized spacial score (nSPS) is 16.1. The lowest BCUT2D eigenvalue weighted by Gasteiger charge is -2.16. The molecule has 0 bridgehead atoms. The van der Waals surface area contributed by atoms with E-state index in [1.54, 1.807) is 17.0 Å². The molecule has 1 amide bonds. The van der Waals surface area contributed by atoms with Crippen molar-refractivity contribution in [1.82, 2.24) is 4.90 Å².